The Hall–Kier alpha value is -2.63. The van der Waals surface area contributed by atoms with Crippen LogP contribution in [0.1, 0.15) is 393 Å². The lowest BCUT2D eigenvalue weighted by molar-refractivity contribution is -0.167. The van der Waals surface area contributed by atoms with Crippen molar-refractivity contribution in [2.75, 3.05) is 13.2 Å². The number of esters is 3. The van der Waals surface area contributed by atoms with Gasteiger partial charge < -0.3 is 14.2 Å². The second kappa shape index (κ2) is 69.9. The Morgan fingerprint density at radius 3 is 0.753 bits per heavy atom. The summed E-state index contributed by atoms with van der Waals surface area (Å²) >= 11 is 0. The van der Waals surface area contributed by atoms with Crippen LogP contribution in [0.4, 0.5) is 0 Å². The molecule has 0 aliphatic heterocycles. The molecule has 6 nitrogen and oxygen atoms in total. The molecule has 0 aromatic heterocycles. The number of hydrogen-bond donors (Lipinski definition) is 0. The van der Waals surface area contributed by atoms with E-state index in [0.717, 1.165) is 89.9 Å². The predicted molar refractivity (Wildman–Crippen MR) is 353 cm³/mol. The van der Waals surface area contributed by atoms with Gasteiger partial charge in [0.1, 0.15) is 13.2 Å². The van der Waals surface area contributed by atoms with Gasteiger partial charge in [-0.15, -0.1) is 0 Å². The first-order chi connectivity index (χ1) is 40.0. The standard InChI is InChI=1S/C75H138O6/c1-4-7-10-13-16-19-22-25-27-29-31-33-34-35-36-37-38-39-40-41-43-44-46-48-50-53-56-59-62-65-68-74(77)80-71-72(70-79-73(76)67-64-61-58-55-52-24-21-18-15-12-9-6-3)81-75(78)69-66-63-60-57-54-51-49-47-45-42-32-30-28-26-23-20-17-14-11-8-5-2/h8,11,17,20,26,28,32,42,72H,4-7,9-10,12-16,18-19,21-25,27,29-31,33-41,43-71H2,1-3H3/b11-8-,20-17-,28-26-,42-32-. The van der Waals surface area contributed by atoms with Crippen molar-refractivity contribution in [3.05, 3.63) is 48.6 Å². The van der Waals surface area contributed by atoms with Crippen LogP contribution in [0.15, 0.2) is 48.6 Å². The maximum atomic E-state index is 12.9. The second-order valence-corrected chi connectivity index (χ2v) is 24.5. The highest BCUT2D eigenvalue weighted by atomic mass is 16.6. The van der Waals surface area contributed by atoms with Crippen molar-refractivity contribution >= 4 is 17.9 Å². The van der Waals surface area contributed by atoms with Gasteiger partial charge in [-0.05, 0) is 57.8 Å². The van der Waals surface area contributed by atoms with Crippen LogP contribution < -0.4 is 0 Å². The number of hydrogen-bond acceptors (Lipinski definition) is 6. The zero-order valence-corrected chi connectivity index (χ0v) is 54.6. The van der Waals surface area contributed by atoms with E-state index in [1.54, 1.807) is 0 Å². The average molecular weight is 1140 g/mol. The van der Waals surface area contributed by atoms with Gasteiger partial charge in [0.2, 0.25) is 0 Å². The van der Waals surface area contributed by atoms with E-state index < -0.39 is 6.10 Å². The molecule has 0 fully saturated rings. The van der Waals surface area contributed by atoms with Crippen LogP contribution in [0.2, 0.25) is 0 Å². The molecule has 0 heterocycles. The van der Waals surface area contributed by atoms with Crippen molar-refractivity contribution in [1.82, 2.24) is 0 Å². The molecule has 0 saturated carbocycles. The Kier molecular flexibility index (Phi) is 67.6. The van der Waals surface area contributed by atoms with Crippen molar-refractivity contribution in [3.63, 3.8) is 0 Å². The van der Waals surface area contributed by atoms with Crippen molar-refractivity contribution in [2.24, 2.45) is 0 Å². The quantitative estimate of drug-likeness (QED) is 0.0261. The van der Waals surface area contributed by atoms with Crippen LogP contribution in [-0.2, 0) is 28.6 Å². The Morgan fingerprint density at radius 2 is 0.481 bits per heavy atom. The Balaban J connectivity index is 4.16. The minimum Gasteiger partial charge on any atom is -0.462 e. The first-order valence-corrected chi connectivity index (χ1v) is 36.1. The van der Waals surface area contributed by atoms with Crippen molar-refractivity contribution < 1.29 is 28.6 Å². The summed E-state index contributed by atoms with van der Waals surface area (Å²) in [5.41, 5.74) is 0. The van der Waals surface area contributed by atoms with Gasteiger partial charge in [-0.2, -0.15) is 0 Å². The lowest BCUT2D eigenvalue weighted by atomic mass is 10.0. The third-order valence-electron chi connectivity index (χ3n) is 16.3. The first kappa shape index (κ1) is 78.4. The molecular weight excluding hydrogens is 997 g/mol. The molecule has 0 aliphatic carbocycles. The molecule has 1 unspecified atom stereocenters. The van der Waals surface area contributed by atoms with E-state index in [-0.39, 0.29) is 31.1 Å². The third-order valence-corrected chi connectivity index (χ3v) is 16.3. The molecule has 0 N–H and O–H groups in total. The number of carbonyl (C=O) groups is 3. The number of ether oxygens (including phenoxy) is 3. The van der Waals surface area contributed by atoms with Gasteiger partial charge in [0, 0.05) is 19.3 Å². The van der Waals surface area contributed by atoms with E-state index in [4.69, 9.17) is 14.2 Å². The Labute approximate surface area is 505 Å². The summed E-state index contributed by atoms with van der Waals surface area (Å²) in [6.45, 7) is 6.59. The van der Waals surface area contributed by atoms with Gasteiger partial charge >= 0.3 is 17.9 Å². The summed E-state index contributed by atoms with van der Waals surface area (Å²) in [6.07, 6.45) is 88.7. The van der Waals surface area contributed by atoms with Gasteiger partial charge in [0.15, 0.2) is 6.10 Å². The van der Waals surface area contributed by atoms with Crippen molar-refractivity contribution in [1.29, 1.82) is 0 Å². The number of carbonyl (C=O) groups excluding carboxylic acids is 3. The van der Waals surface area contributed by atoms with E-state index in [9.17, 15) is 14.4 Å². The highest BCUT2D eigenvalue weighted by molar-refractivity contribution is 5.71. The number of unbranched alkanes of at least 4 members (excludes halogenated alkanes) is 48. The molecule has 0 aromatic carbocycles. The molecule has 1 atom stereocenters. The summed E-state index contributed by atoms with van der Waals surface area (Å²) in [7, 11) is 0. The van der Waals surface area contributed by atoms with Gasteiger partial charge in [0.25, 0.3) is 0 Å². The van der Waals surface area contributed by atoms with Crippen molar-refractivity contribution in [3.8, 4) is 0 Å². The fourth-order valence-corrected chi connectivity index (χ4v) is 11.0. The van der Waals surface area contributed by atoms with Crippen LogP contribution in [0.3, 0.4) is 0 Å². The minimum atomic E-state index is -0.775. The molecule has 0 aromatic rings. The molecule has 0 radical (unpaired) electrons. The SMILES string of the molecule is CC/C=C\C/C=C\C/C=C\C/C=C\CCCCCCCCCCC(=O)OC(COC(=O)CCCCCCCCCCCCCC)COC(=O)CCCCCCCCCCCCCCCCCCCCCCCCCCCCCCCC. The summed E-state index contributed by atoms with van der Waals surface area (Å²) in [5, 5.41) is 0. The molecule has 0 bridgehead atoms. The van der Waals surface area contributed by atoms with Crippen LogP contribution in [-0.4, -0.2) is 37.2 Å². The first-order valence-electron chi connectivity index (χ1n) is 36.1. The molecule has 0 amide bonds. The van der Waals surface area contributed by atoms with E-state index in [0.29, 0.717) is 19.3 Å². The topological polar surface area (TPSA) is 78.9 Å². The van der Waals surface area contributed by atoms with Gasteiger partial charge in [0.05, 0.1) is 0 Å². The Morgan fingerprint density at radius 1 is 0.259 bits per heavy atom. The fourth-order valence-electron chi connectivity index (χ4n) is 11.0. The van der Waals surface area contributed by atoms with Crippen LogP contribution in [0.5, 0.6) is 0 Å². The van der Waals surface area contributed by atoms with E-state index in [2.05, 4.69) is 69.4 Å². The largest absolute Gasteiger partial charge is 0.462 e. The minimum absolute atomic E-state index is 0.0711. The van der Waals surface area contributed by atoms with Crippen molar-refractivity contribution in [2.45, 2.75) is 399 Å². The normalized spacial score (nSPS) is 12.3. The highest BCUT2D eigenvalue weighted by Gasteiger charge is 2.19. The lowest BCUT2D eigenvalue weighted by Crippen LogP contribution is -2.30. The van der Waals surface area contributed by atoms with E-state index in [1.807, 2.05) is 0 Å². The molecule has 81 heavy (non-hydrogen) atoms. The maximum Gasteiger partial charge on any atom is 0.306 e. The van der Waals surface area contributed by atoms with Crippen LogP contribution in [0.25, 0.3) is 0 Å². The highest BCUT2D eigenvalue weighted by Crippen LogP contribution is 2.19. The smallest absolute Gasteiger partial charge is 0.306 e. The summed E-state index contributed by atoms with van der Waals surface area (Å²) in [5.74, 6) is -0.853. The maximum absolute atomic E-state index is 12.9. The molecule has 6 heteroatoms. The summed E-state index contributed by atoms with van der Waals surface area (Å²) in [4.78, 5) is 38.4. The van der Waals surface area contributed by atoms with Crippen LogP contribution in [0, 0.1) is 0 Å². The van der Waals surface area contributed by atoms with Gasteiger partial charge in [-0.3, -0.25) is 14.4 Å². The van der Waals surface area contributed by atoms with Gasteiger partial charge in [-0.1, -0.05) is 365 Å². The third kappa shape index (κ3) is 68.0. The average Bonchev–Trinajstić information content (AvgIpc) is 3.47. The molecule has 0 rings (SSSR count). The zero-order valence-electron chi connectivity index (χ0n) is 54.6. The molecule has 0 saturated heterocycles. The predicted octanol–water partition coefficient (Wildman–Crippen LogP) is 24.9. The molecule has 0 aliphatic rings. The summed E-state index contributed by atoms with van der Waals surface area (Å²) < 4.78 is 17.0. The number of rotatable bonds is 67. The van der Waals surface area contributed by atoms with Gasteiger partial charge in [-0.25, -0.2) is 0 Å². The van der Waals surface area contributed by atoms with E-state index in [1.165, 1.54) is 263 Å². The monoisotopic (exact) mass is 1140 g/mol. The second-order valence-electron chi connectivity index (χ2n) is 24.5. The molecule has 0 spiro atoms. The van der Waals surface area contributed by atoms with E-state index >= 15 is 0 Å². The number of allylic oxidation sites excluding steroid dienone is 8. The fraction of sp³-hybridized carbons (Fsp3) is 0.853. The molecular formula is C75H138O6. The lowest BCUT2D eigenvalue weighted by Gasteiger charge is -2.18. The van der Waals surface area contributed by atoms with Crippen LogP contribution >= 0.6 is 0 Å². The summed E-state index contributed by atoms with van der Waals surface area (Å²) in [6, 6.07) is 0. The Bertz CT molecular complexity index is 1400. The molecule has 474 valence electrons. The zero-order chi connectivity index (χ0) is 58.5.